The fourth-order valence-corrected chi connectivity index (χ4v) is 10.3. The van der Waals surface area contributed by atoms with E-state index in [-0.39, 0.29) is 43.7 Å². The number of aliphatic hydroxyl groups excluding tert-OH is 1. The fourth-order valence-electron chi connectivity index (χ4n) is 10.3. The normalized spacial score (nSPS) is 41.3. The first-order valence-electron chi connectivity index (χ1n) is 23.0. The highest BCUT2D eigenvalue weighted by molar-refractivity contribution is 5.83. The van der Waals surface area contributed by atoms with Crippen molar-refractivity contribution in [2.45, 2.75) is 186 Å². The maximum atomic E-state index is 14.6. The first-order chi connectivity index (χ1) is 30.4. The largest absolute Gasteiger partial charge is 0.497 e. The predicted molar refractivity (Wildman–Crippen MR) is 240 cm³/mol. The van der Waals surface area contributed by atoms with Crippen molar-refractivity contribution >= 4 is 17.8 Å². The number of Topliss-reactive ketones (excluding diaryl/α,β-unsaturated/α-hetero) is 1. The summed E-state index contributed by atoms with van der Waals surface area (Å²) in [6.45, 7) is 17.8. The van der Waals surface area contributed by atoms with E-state index in [0.717, 1.165) is 5.56 Å². The van der Waals surface area contributed by atoms with E-state index in [1.54, 1.807) is 60.8 Å². The van der Waals surface area contributed by atoms with Crippen molar-refractivity contribution < 1.29 is 72.0 Å². The molecule has 372 valence electrons. The van der Waals surface area contributed by atoms with Crippen molar-refractivity contribution in [1.82, 2.24) is 10.2 Å². The molecule has 3 heterocycles. The van der Waals surface area contributed by atoms with Gasteiger partial charge in [-0.1, -0.05) is 39.8 Å². The zero-order valence-corrected chi connectivity index (χ0v) is 41.7. The summed E-state index contributed by atoms with van der Waals surface area (Å²) in [5, 5.41) is 26.7. The van der Waals surface area contributed by atoms with E-state index in [1.807, 2.05) is 51.9 Å². The Balaban J connectivity index is 1.76. The van der Waals surface area contributed by atoms with Gasteiger partial charge in [0.15, 0.2) is 18.7 Å². The molecule has 4 rings (SSSR count). The van der Waals surface area contributed by atoms with Crippen LogP contribution in [0.25, 0.3) is 0 Å². The van der Waals surface area contributed by atoms with Crippen molar-refractivity contribution in [3.05, 3.63) is 29.8 Å². The van der Waals surface area contributed by atoms with Gasteiger partial charge in [0.05, 0.1) is 49.1 Å². The van der Waals surface area contributed by atoms with Gasteiger partial charge in [0.25, 0.3) is 0 Å². The number of alkyl carbamates (subject to hydrolysis) is 1. The zero-order valence-electron chi connectivity index (χ0n) is 41.7. The molecule has 17 heteroatoms. The lowest BCUT2D eigenvalue weighted by Gasteiger charge is -2.50. The fraction of sp³-hybridized carbons (Fsp3) is 0.812. The van der Waals surface area contributed by atoms with Gasteiger partial charge in [-0.2, -0.15) is 0 Å². The molecule has 3 fully saturated rings. The van der Waals surface area contributed by atoms with E-state index in [0.29, 0.717) is 12.2 Å². The number of ketones is 1. The van der Waals surface area contributed by atoms with E-state index in [4.69, 9.17) is 47.4 Å². The summed E-state index contributed by atoms with van der Waals surface area (Å²) >= 11 is 0. The van der Waals surface area contributed by atoms with Gasteiger partial charge in [-0.15, -0.1) is 0 Å². The molecule has 1 aromatic rings. The Morgan fingerprint density at radius 2 is 1.48 bits per heavy atom. The van der Waals surface area contributed by atoms with Gasteiger partial charge >= 0.3 is 12.1 Å². The predicted octanol–water partition coefficient (Wildman–Crippen LogP) is 5.04. The maximum absolute atomic E-state index is 14.6. The smallest absolute Gasteiger partial charge is 0.407 e. The van der Waals surface area contributed by atoms with Gasteiger partial charge in [0.2, 0.25) is 0 Å². The van der Waals surface area contributed by atoms with Crippen LogP contribution < -0.4 is 10.1 Å². The molecule has 0 aliphatic carbocycles. The molecule has 0 unspecified atom stereocenters. The van der Waals surface area contributed by atoms with Gasteiger partial charge in [-0.25, -0.2) is 4.79 Å². The van der Waals surface area contributed by atoms with Crippen molar-refractivity contribution in [2.75, 3.05) is 42.5 Å². The molecule has 18 atom stereocenters. The number of likely N-dealkylation sites (N-methyl/N-ethyl adjacent to an activating group) is 1. The van der Waals surface area contributed by atoms with E-state index < -0.39 is 108 Å². The molecule has 0 radical (unpaired) electrons. The SMILES string of the molecule is CC[C@H]1OC(=O)[C@H](C)[C@@H](O[C@H]2C[C@@](C)(OC)[C@@H](OC(=O)NCc3ccc(OC)cc3)[C@H](C)O2)[C@H](C)[C@@H](O[C@@H]2O[C@H](C)C[C@H](N(C)C)[C@H]2O)[C@](C)(OC)C[C@@H](C)C(=O)[C@H](C)[C@@H](OC)[C@]1(C)O. The number of amides is 1. The van der Waals surface area contributed by atoms with Crippen LogP contribution in [-0.2, 0) is 58.8 Å². The van der Waals surface area contributed by atoms with Gasteiger partial charge in [0, 0.05) is 58.1 Å². The van der Waals surface area contributed by atoms with Crippen LogP contribution in [0.1, 0.15) is 100 Å². The number of aliphatic hydroxyl groups is 2. The Labute approximate surface area is 386 Å². The van der Waals surface area contributed by atoms with Gasteiger partial charge < -0.3 is 67.8 Å². The second kappa shape index (κ2) is 22.9. The minimum atomic E-state index is -1.78. The number of hydrogen-bond acceptors (Lipinski definition) is 16. The summed E-state index contributed by atoms with van der Waals surface area (Å²) in [5.41, 5.74) is -3.33. The van der Waals surface area contributed by atoms with Gasteiger partial charge in [-0.3, -0.25) is 9.59 Å². The van der Waals surface area contributed by atoms with Gasteiger partial charge in [-0.05, 0) is 92.6 Å². The monoisotopic (exact) mass is 925 g/mol. The molecule has 3 aliphatic heterocycles. The summed E-state index contributed by atoms with van der Waals surface area (Å²) in [6.07, 6.45) is -9.00. The second-order valence-corrected chi connectivity index (χ2v) is 19.4. The Bertz CT molecular complexity index is 1700. The van der Waals surface area contributed by atoms with Crippen LogP contribution in [0.5, 0.6) is 5.75 Å². The van der Waals surface area contributed by atoms with Crippen LogP contribution in [-0.4, -0.2) is 160 Å². The molecule has 3 N–H and O–H groups in total. The highest BCUT2D eigenvalue weighted by Crippen LogP contribution is 2.42. The van der Waals surface area contributed by atoms with Crippen LogP contribution in [0.4, 0.5) is 4.79 Å². The molecule has 1 amide bonds. The molecule has 3 aliphatic rings. The standard InChI is InChI=1S/C48H80N2O15/c1-17-35-48(10,55)41(57-14)28(4)37(51)26(2)23-46(8,58-15)40(64-44-38(52)34(50(11)12)22-27(3)60-44)29(5)39(30(6)43(53)62-35)63-36-24-47(9,59-16)42(31(7)61-36)65-45(54)49-25-32-18-20-33(56-13)21-19-32/h18-21,26-31,34-36,38-42,44,52,55H,17,22-25H2,1-16H3,(H,49,54)/t26-,27-,28+,29+,30-,31+,34+,35-,36+,38-,39+,40-,41-,42+,44+,46-,47-,48-/m1/s1. The van der Waals surface area contributed by atoms with E-state index in [1.165, 1.54) is 28.3 Å². The molecule has 3 saturated heterocycles. The lowest BCUT2D eigenvalue weighted by molar-refractivity contribution is -0.319. The number of esters is 1. The van der Waals surface area contributed by atoms with E-state index in [2.05, 4.69) is 5.32 Å². The third kappa shape index (κ3) is 12.6. The Hall–Kier alpha value is -2.97. The van der Waals surface area contributed by atoms with Crippen molar-refractivity contribution in [1.29, 1.82) is 0 Å². The number of nitrogens with zero attached hydrogens (tertiary/aromatic N) is 1. The van der Waals surface area contributed by atoms with Crippen LogP contribution in [0.2, 0.25) is 0 Å². The molecular formula is C48H80N2O15. The summed E-state index contributed by atoms with van der Waals surface area (Å²) in [6, 6.07) is 6.98. The molecule has 17 nitrogen and oxygen atoms in total. The zero-order chi connectivity index (χ0) is 48.8. The van der Waals surface area contributed by atoms with Crippen molar-refractivity contribution in [3.63, 3.8) is 0 Å². The molecular weight excluding hydrogens is 845 g/mol. The first kappa shape index (κ1) is 54.6. The van der Waals surface area contributed by atoms with Gasteiger partial charge in [0.1, 0.15) is 34.9 Å². The third-order valence-corrected chi connectivity index (χ3v) is 14.3. The lowest BCUT2D eigenvalue weighted by Crippen LogP contribution is -2.62. The van der Waals surface area contributed by atoms with Crippen LogP contribution in [0, 0.1) is 23.7 Å². The number of cyclic esters (lactones) is 1. The summed E-state index contributed by atoms with van der Waals surface area (Å²) in [4.78, 5) is 44.1. The first-order valence-corrected chi connectivity index (χ1v) is 23.0. The average molecular weight is 925 g/mol. The third-order valence-electron chi connectivity index (χ3n) is 14.3. The Morgan fingerprint density at radius 3 is 2.03 bits per heavy atom. The quantitative estimate of drug-likeness (QED) is 0.222. The maximum Gasteiger partial charge on any atom is 0.407 e. The molecule has 0 aromatic heterocycles. The second-order valence-electron chi connectivity index (χ2n) is 19.4. The number of benzene rings is 1. The number of rotatable bonds is 13. The molecule has 65 heavy (non-hydrogen) atoms. The Morgan fingerprint density at radius 1 is 0.862 bits per heavy atom. The molecule has 0 bridgehead atoms. The van der Waals surface area contributed by atoms with Crippen molar-refractivity contribution in [2.24, 2.45) is 23.7 Å². The number of carbonyl (C=O) groups is 3. The van der Waals surface area contributed by atoms with E-state index in [9.17, 15) is 24.6 Å². The summed E-state index contributed by atoms with van der Waals surface area (Å²) in [7, 11) is 9.82. The minimum absolute atomic E-state index is 0.0695. The molecule has 1 aromatic carbocycles. The van der Waals surface area contributed by atoms with Crippen LogP contribution in [0.15, 0.2) is 24.3 Å². The lowest BCUT2D eigenvalue weighted by atomic mass is 9.73. The number of ether oxygens (including phenoxy) is 10. The highest BCUT2D eigenvalue weighted by atomic mass is 16.7. The van der Waals surface area contributed by atoms with Crippen LogP contribution in [0.3, 0.4) is 0 Å². The Kier molecular flexibility index (Phi) is 19.2. The number of methoxy groups -OCH3 is 4. The van der Waals surface area contributed by atoms with E-state index >= 15 is 0 Å². The van der Waals surface area contributed by atoms with Crippen molar-refractivity contribution in [3.8, 4) is 5.75 Å². The summed E-state index contributed by atoms with van der Waals surface area (Å²) < 4.78 is 62.4. The molecule has 0 spiro atoms. The number of carbonyl (C=O) groups excluding carboxylic acids is 3. The molecule has 0 saturated carbocycles. The summed E-state index contributed by atoms with van der Waals surface area (Å²) in [5.74, 6) is -3.44. The topological polar surface area (TPSA) is 199 Å². The average Bonchev–Trinajstić information content (AvgIpc) is 3.26. The highest BCUT2D eigenvalue weighted by Gasteiger charge is 2.55. The minimum Gasteiger partial charge on any atom is -0.497 e. The number of hydrogen-bond donors (Lipinski definition) is 3. The number of nitrogens with one attached hydrogen (secondary N) is 1. The van der Waals surface area contributed by atoms with Crippen LogP contribution >= 0.6 is 0 Å².